The second kappa shape index (κ2) is 8.90. The minimum Gasteiger partial charge on any atom is -0.398 e. The second-order valence-corrected chi connectivity index (χ2v) is 6.31. The fourth-order valence-corrected chi connectivity index (χ4v) is 2.71. The number of rotatable bonds is 3. The molecular formula is C16H18Br2N2O2. The van der Waals surface area contributed by atoms with Gasteiger partial charge in [0.05, 0.1) is 9.40 Å². The van der Waals surface area contributed by atoms with Crippen LogP contribution in [0, 0.1) is 10.1 Å². The van der Waals surface area contributed by atoms with Gasteiger partial charge in [-0.15, -0.1) is 0 Å². The van der Waals surface area contributed by atoms with Gasteiger partial charge in [-0.25, -0.2) is 0 Å². The molecule has 0 bridgehead atoms. The van der Waals surface area contributed by atoms with Gasteiger partial charge in [0.15, 0.2) is 0 Å². The number of nitrogen functional groups attached to an aromatic ring is 1. The smallest absolute Gasteiger partial charge is 0.283 e. The van der Waals surface area contributed by atoms with Crippen molar-refractivity contribution in [2.24, 2.45) is 0 Å². The molecule has 0 aliphatic rings. The summed E-state index contributed by atoms with van der Waals surface area (Å²) in [6.45, 7) is 4.13. The van der Waals surface area contributed by atoms with Gasteiger partial charge >= 0.3 is 0 Å². The highest BCUT2D eigenvalue weighted by Gasteiger charge is 2.10. The summed E-state index contributed by atoms with van der Waals surface area (Å²) in [5.41, 5.74) is 8.91. The molecule has 4 nitrogen and oxygen atoms in total. The molecule has 0 saturated carbocycles. The van der Waals surface area contributed by atoms with Crippen molar-refractivity contribution in [3.63, 3.8) is 0 Å². The topological polar surface area (TPSA) is 69.2 Å². The van der Waals surface area contributed by atoms with Gasteiger partial charge in [0.25, 0.3) is 5.69 Å². The van der Waals surface area contributed by atoms with Gasteiger partial charge in [-0.05, 0) is 74.0 Å². The van der Waals surface area contributed by atoms with Crippen LogP contribution in [0.3, 0.4) is 0 Å². The monoisotopic (exact) mass is 428 g/mol. The molecule has 0 aromatic heterocycles. The summed E-state index contributed by atoms with van der Waals surface area (Å²) in [4.78, 5) is 10.00. The first-order valence-corrected chi connectivity index (χ1v) is 8.44. The highest BCUT2D eigenvalue weighted by Crippen LogP contribution is 2.25. The summed E-state index contributed by atoms with van der Waals surface area (Å²) in [6, 6.07) is 11.1. The highest BCUT2D eigenvalue weighted by molar-refractivity contribution is 9.11. The van der Waals surface area contributed by atoms with Crippen LogP contribution in [-0.2, 0) is 12.8 Å². The molecule has 2 rings (SSSR count). The van der Waals surface area contributed by atoms with Crippen molar-refractivity contribution >= 4 is 43.2 Å². The molecule has 2 N–H and O–H groups in total. The van der Waals surface area contributed by atoms with E-state index in [1.807, 2.05) is 19.1 Å². The number of nitrogens with two attached hydrogens (primary N) is 1. The zero-order valence-electron chi connectivity index (χ0n) is 12.5. The Kier molecular flexibility index (Phi) is 7.55. The predicted octanol–water partition coefficient (Wildman–Crippen LogP) is 5.51. The van der Waals surface area contributed by atoms with Crippen molar-refractivity contribution in [1.29, 1.82) is 0 Å². The fraction of sp³-hybridized carbons (Fsp3) is 0.250. The normalized spacial score (nSPS) is 9.82. The summed E-state index contributed by atoms with van der Waals surface area (Å²) in [6.07, 6.45) is 1.94. The molecule has 6 heteroatoms. The number of nitro benzene ring substituents is 1. The van der Waals surface area contributed by atoms with Crippen molar-refractivity contribution < 1.29 is 4.92 Å². The third-order valence-corrected chi connectivity index (χ3v) is 4.41. The van der Waals surface area contributed by atoms with Crippen LogP contribution in [0.2, 0.25) is 0 Å². The van der Waals surface area contributed by atoms with Crippen molar-refractivity contribution in [2.75, 3.05) is 5.73 Å². The van der Waals surface area contributed by atoms with E-state index in [1.165, 1.54) is 11.6 Å². The van der Waals surface area contributed by atoms with Crippen LogP contribution in [0.25, 0.3) is 0 Å². The lowest BCUT2D eigenvalue weighted by Gasteiger charge is -1.99. The zero-order valence-corrected chi connectivity index (χ0v) is 15.6. The van der Waals surface area contributed by atoms with Crippen LogP contribution in [0.1, 0.15) is 25.0 Å². The fourth-order valence-electron chi connectivity index (χ4n) is 1.71. The lowest BCUT2D eigenvalue weighted by Crippen LogP contribution is -1.90. The van der Waals surface area contributed by atoms with Crippen LogP contribution < -0.4 is 5.73 Å². The van der Waals surface area contributed by atoms with E-state index in [9.17, 15) is 10.1 Å². The first-order valence-electron chi connectivity index (χ1n) is 6.85. The lowest BCUT2D eigenvalue weighted by atomic mass is 10.2. The largest absolute Gasteiger partial charge is 0.398 e. The molecule has 118 valence electrons. The number of nitrogens with zero attached hydrogens (tertiary/aromatic N) is 1. The minimum absolute atomic E-state index is 0.118. The average molecular weight is 430 g/mol. The van der Waals surface area contributed by atoms with Crippen LogP contribution in [0.4, 0.5) is 11.4 Å². The molecule has 0 aliphatic heterocycles. The third kappa shape index (κ3) is 5.42. The molecule has 0 spiro atoms. The SMILES string of the molecule is CCc1ccc(N)c(Br)c1.CCc1ccc([N+](=O)[O-])c(Br)c1. The Morgan fingerprint density at radius 3 is 1.91 bits per heavy atom. The number of aryl methyl sites for hydroxylation is 2. The van der Waals surface area contributed by atoms with Gasteiger partial charge < -0.3 is 5.73 Å². The van der Waals surface area contributed by atoms with Gasteiger partial charge in [-0.2, -0.15) is 0 Å². The predicted molar refractivity (Wildman–Crippen MR) is 98.1 cm³/mol. The molecule has 0 saturated heterocycles. The Bertz CT molecular complexity index is 661. The molecule has 0 fully saturated rings. The van der Waals surface area contributed by atoms with Crippen LogP contribution >= 0.6 is 31.9 Å². The van der Waals surface area contributed by atoms with E-state index in [0.717, 1.165) is 28.6 Å². The van der Waals surface area contributed by atoms with E-state index >= 15 is 0 Å². The van der Waals surface area contributed by atoms with Crippen molar-refractivity contribution in [3.8, 4) is 0 Å². The van der Waals surface area contributed by atoms with E-state index in [-0.39, 0.29) is 5.69 Å². The van der Waals surface area contributed by atoms with E-state index in [2.05, 4.69) is 44.8 Å². The van der Waals surface area contributed by atoms with E-state index in [0.29, 0.717) is 4.47 Å². The summed E-state index contributed by atoms with van der Waals surface area (Å²) in [7, 11) is 0. The summed E-state index contributed by atoms with van der Waals surface area (Å²) in [5, 5.41) is 10.4. The van der Waals surface area contributed by atoms with Crippen LogP contribution in [0.15, 0.2) is 45.3 Å². The van der Waals surface area contributed by atoms with Crippen LogP contribution in [0.5, 0.6) is 0 Å². The molecule has 22 heavy (non-hydrogen) atoms. The first kappa shape index (κ1) is 18.6. The van der Waals surface area contributed by atoms with Crippen LogP contribution in [-0.4, -0.2) is 4.92 Å². The van der Waals surface area contributed by atoms with E-state index in [4.69, 9.17) is 5.73 Å². The Labute approximate surface area is 147 Å². The molecule has 2 aromatic carbocycles. The number of anilines is 1. The maximum absolute atomic E-state index is 10.4. The molecule has 0 atom stereocenters. The second-order valence-electron chi connectivity index (χ2n) is 4.61. The molecule has 0 radical (unpaired) electrons. The van der Waals surface area contributed by atoms with Crippen molar-refractivity contribution in [2.45, 2.75) is 26.7 Å². The van der Waals surface area contributed by atoms with Crippen molar-refractivity contribution in [3.05, 3.63) is 66.6 Å². The minimum atomic E-state index is -0.399. The molecule has 2 aromatic rings. The molecule has 0 amide bonds. The molecular weight excluding hydrogens is 412 g/mol. The Hall–Kier alpha value is -1.40. The maximum Gasteiger partial charge on any atom is 0.283 e. The molecule has 0 heterocycles. The first-order chi connectivity index (χ1) is 10.4. The zero-order chi connectivity index (χ0) is 16.7. The quantitative estimate of drug-likeness (QED) is 0.397. The van der Waals surface area contributed by atoms with Gasteiger partial charge in [0.1, 0.15) is 0 Å². The Morgan fingerprint density at radius 1 is 1.00 bits per heavy atom. The number of nitro groups is 1. The lowest BCUT2D eigenvalue weighted by molar-refractivity contribution is -0.385. The molecule has 0 unspecified atom stereocenters. The van der Waals surface area contributed by atoms with Gasteiger partial charge in [0, 0.05) is 16.2 Å². The van der Waals surface area contributed by atoms with E-state index in [1.54, 1.807) is 12.1 Å². The van der Waals surface area contributed by atoms with Gasteiger partial charge in [-0.1, -0.05) is 26.0 Å². The standard InChI is InChI=1S/C8H8BrNO2.C8H10BrN/c1-2-6-3-4-8(10(11)12)7(9)5-6;1-2-6-3-4-8(10)7(9)5-6/h3-5H,2H2,1H3;3-5H,2,10H2,1H3. The maximum atomic E-state index is 10.4. The Morgan fingerprint density at radius 2 is 1.50 bits per heavy atom. The number of benzene rings is 2. The number of hydrogen-bond acceptors (Lipinski definition) is 3. The van der Waals surface area contributed by atoms with Gasteiger partial charge in [0.2, 0.25) is 0 Å². The Balaban J connectivity index is 0.000000224. The van der Waals surface area contributed by atoms with Gasteiger partial charge in [-0.3, -0.25) is 10.1 Å². The number of hydrogen-bond donors (Lipinski definition) is 1. The highest BCUT2D eigenvalue weighted by atomic mass is 79.9. The summed E-state index contributed by atoms with van der Waals surface area (Å²) < 4.78 is 1.54. The van der Waals surface area contributed by atoms with Crippen molar-refractivity contribution in [1.82, 2.24) is 0 Å². The molecule has 0 aliphatic carbocycles. The average Bonchev–Trinajstić information content (AvgIpc) is 2.50. The summed E-state index contributed by atoms with van der Waals surface area (Å²) >= 11 is 6.51. The summed E-state index contributed by atoms with van der Waals surface area (Å²) in [5.74, 6) is 0. The third-order valence-electron chi connectivity index (χ3n) is 3.09. The number of halogens is 2. The van der Waals surface area contributed by atoms with E-state index < -0.39 is 4.92 Å².